The van der Waals surface area contributed by atoms with Crippen LogP contribution in [0.15, 0.2) is 0 Å². The Morgan fingerprint density at radius 2 is 1.10 bits per heavy atom. The number of unbranched alkanes of at least 4 members (excludes halogenated alkanes) is 15. The van der Waals surface area contributed by atoms with Gasteiger partial charge in [-0.05, 0) is 19.3 Å². The molecule has 7 heteroatoms. The molecule has 0 saturated carbocycles. The molecule has 0 spiro atoms. The van der Waals surface area contributed by atoms with Crippen LogP contribution in [0.4, 0.5) is 0 Å². The molecule has 0 saturated heterocycles. The van der Waals surface area contributed by atoms with Crippen LogP contribution in [0.3, 0.4) is 0 Å². The Morgan fingerprint density at radius 1 is 0.700 bits per heavy atom. The van der Waals surface area contributed by atoms with Gasteiger partial charge in [0.15, 0.2) is 0 Å². The summed E-state index contributed by atoms with van der Waals surface area (Å²) < 4.78 is 31.6. The quantitative estimate of drug-likeness (QED) is 0.146. The van der Waals surface area contributed by atoms with Gasteiger partial charge in [-0.15, -0.1) is 0 Å². The van der Waals surface area contributed by atoms with Gasteiger partial charge in [0, 0.05) is 25.8 Å². The zero-order valence-corrected chi connectivity index (χ0v) is 24.1. The average Bonchev–Trinajstić information content (AvgIpc) is 2.67. The second kappa shape index (κ2) is 23.2. The summed E-state index contributed by atoms with van der Waals surface area (Å²) in [6.45, 7) is 2.78. The first kappa shape index (κ1) is 33.2. The minimum atomic E-state index is -4.13. The van der Waals surface area contributed by atoms with Crippen molar-refractivity contribution in [3.05, 3.63) is 0 Å². The molecular weight excluding hydrogens is 425 g/mol. The molecule has 1 amide bonds. The van der Waals surface area contributed by atoms with Gasteiger partial charge in [0.05, 0.1) is 10.1 Å². The van der Waals surface area contributed by atoms with Crippen LogP contribution in [0.2, 0.25) is 0 Å². The van der Waals surface area contributed by atoms with Crippen LogP contribution < -0.4 is 51.4 Å². The fourth-order valence-corrected chi connectivity index (χ4v) is 4.15. The van der Waals surface area contributed by atoms with Crippen molar-refractivity contribution < 1.29 is 69.1 Å². The number of carbonyl (C=O) groups is 1. The van der Waals surface area contributed by atoms with E-state index in [-0.39, 0.29) is 63.0 Å². The molecule has 0 aliphatic carbocycles. The maximum atomic E-state index is 12.0. The summed E-state index contributed by atoms with van der Waals surface area (Å²) in [5, 5.41) is 0. The zero-order valence-electron chi connectivity index (χ0n) is 20.1. The van der Waals surface area contributed by atoms with E-state index in [1.165, 1.54) is 83.5 Å². The van der Waals surface area contributed by atoms with Crippen molar-refractivity contribution in [3.8, 4) is 0 Å². The third kappa shape index (κ3) is 25.3. The number of hydrogen-bond acceptors (Lipinski definition) is 4. The number of carbonyl (C=O) groups excluding carboxylic acids is 1. The van der Waals surface area contributed by atoms with Crippen molar-refractivity contribution in [2.45, 2.75) is 122 Å². The summed E-state index contributed by atoms with van der Waals surface area (Å²) in [7, 11) is -2.38. The standard InChI is InChI=1S/C23H47NO4S.K/c1-3-4-5-6-7-8-9-10-11-12-13-14-15-16-17-20-23(25)24(2)21-18-19-22-29(26,27)28;/h3-22H2,1-2H3,(H,26,27,28);/q;+1/p-1. The Kier molecular flexibility index (Phi) is 25.6. The van der Waals surface area contributed by atoms with Crippen molar-refractivity contribution in [1.82, 2.24) is 4.90 Å². The van der Waals surface area contributed by atoms with Crippen LogP contribution in [0, 0.1) is 0 Å². The first-order chi connectivity index (χ1) is 13.9. The van der Waals surface area contributed by atoms with E-state index in [2.05, 4.69) is 6.92 Å². The Morgan fingerprint density at radius 3 is 1.50 bits per heavy atom. The monoisotopic (exact) mass is 471 g/mol. The molecular formula is C23H46KNO4S. The molecule has 0 aliphatic rings. The molecule has 0 aliphatic heterocycles. The first-order valence-electron chi connectivity index (χ1n) is 12.0. The van der Waals surface area contributed by atoms with Crippen molar-refractivity contribution in [3.63, 3.8) is 0 Å². The second-order valence-corrected chi connectivity index (χ2v) is 10.0. The second-order valence-electron chi connectivity index (χ2n) is 8.48. The van der Waals surface area contributed by atoms with E-state index in [9.17, 15) is 17.8 Å². The van der Waals surface area contributed by atoms with Crippen LogP contribution in [-0.4, -0.2) is 43.1 Å². The average molecular weight is 472 g/mol. The molecule has 0 fully saturated rings. The van der Waals surface area contributed by atoms with E-state index in [0.29, 0.717) is 25.8 Å². The van der Waals surface area contributed by atoms with Gasteiger partial charge in [-0.1, -0.05) is 96.8 Å². The Bertz CT molecular complexity index is 486. The fraction of sp³-hybridized carbons (Fsp3) is 0.957. The van der Waals surface area contributed by atoms with Gasteiger partial charge in [0.1, 0.15) is 0 Å². The van der Waals surface area contributed by atoms with Gasteiger partial charge in [0.2, 0.25) is 5.91 Å². The van der Waals surface area contributed by atoms with Crippen LogP contribution in [-0.2, 0) is 14.9 Å². The summed E-state index contributed by atoms with van der Waals surface area (Å²) >= 11 is 0. The molecule has 0 aromatic carbocycles. The van der Waals surface area contributed by atoms with Gasteiger partial charge in [-0.25, -0.2) is 8.42 Å². The van der Waals surface area contributed by atoms with Gasteiger partial charge >= 0.3 is 51.4 Å². The smallest absolute Gasteiger partial charge is 0.748 e. The maximum Gasteiger partial charge on any atom is 1.00 e. The van der Waals surface area contributed by atoms with Crippen LogP contribution in [0.25, 0.3) is 0 Å². The molecule has 0 rings (SSSR count). The molecule has 0 atom stereocenters. The largest absolute Gasteiger partial charge is 1.00 e. The van der Waals surface area contributed by atoms with Crippen molar-refractivity contribution in [2.24, 2.45) is 0 Å². The first-order valence-corrected chi connectivity index (χ1v) is 13.6. The van der Waals surface area contributed by atoms with Crippen LogP contribution in [0.5, 0.6) is 0 Å². The summed E-state index contributed by atoms with van der Waals surface area (Å²) in [4.78, 5) is 13.7. The summed E-state index contributed by atoms with van der Waals surface area (Å²) in [6, 6.07) is 0. The molecule has 0 heterocycles. The van der Waals surface area contributed by atoms with Gasteiger partial charge in [0.25, 0.3) is 0 Å². The Balaban J connectivity index is 0. The van der Waals surface area contributed by atoms with E-state index in [1.807, 2.05) is 0 Å². The van der Waals surface area contributed by atoms with E-state index >= 15 is 0 Å². The van der Waals surface area contributed by atoms with E-state index in [4.69, 9.17) is 0 Å². The molecule has 0 aromatic rings. The Labute approximate surface area is 229 Å². The fourth-order valence-electron chi connectivity index (χ4n) is 3.59. The number of rotatable bonds is 21. The van der Waals surface area contributed by atoms with E-state index < -0.39 is 10.1 Å². The molecule has 30 heavy (non-hydrogen) atoms. The number of hydrogen-bond donors (Lipinski definition) is 0. The van der Waals surface area contributed by atoms with Gasteiger partial charge in [-0.2, -0.15) is 0 Å². The van der Waals surface area contributed by atoms with Gasteiger partial charge in [-0.3, -0.25) is 4.79 Å². The van der Waals surface area contributed by atoms with E-state index in [0.717, 1.165) is 12.8 Å². The summed E-state index contributed by atoms with van der Waals surface area (Å²) in [5.74, 6) is -0.224. The third-order valence-electron chi connectivity index (χ3n) is 5.56. The topological polar surface area (TPSA) is 77.5 Å². The normalized spacial score (nSPS) is 11.3. The molecule has 0 bridgehead atoms. The Hall–Kier alpha value is 1.02. The summed E-state index contributed by atoms with van der Waals surface area (Å²) in [6.07, 6.45) is 21.1. The number of amides is 1. The molecule has 0 unspecified atom stereocenters. The number of nitrogens with zero attached hydrogens (tertiary/aromatic N) is 1. The van der Waals surface area contributed by atoms with Crippen LogP contribution >= 0.6 is 0 Å². The van der Waals surface area contributed by atoms with Gasteiger partial charge < -0.3 is 9.45 Å². The zero-order chi connectivity index (χ0) is 21.8. The van der Waals surface area contributed by atoms with Crippen molar-refractivity contribution in [2.75, 3.05) is 19.3 Å². The van der Waals surface area contributed by atoms with E-state index in [1.54, 1.807) is 11.9 Å². The van der Waals surface area contributed by atoms with Crippen LogP contribution in [0.1, 0.15) is 122 Å². The minimum Gasteiger partial charge on any atom is -0.748 e. The SMILES string of the molecule is CCCCCCCCCCCCCCCCCC(=O)N(C)CCCCS(=O)(=O)[O-].[K+]. The maximum absolute atomic E-state index is 12.0. The predicted octanol–water partition coefficient (Wildman–Crippen LogP) is 3.04. The molecule has 0 aromatic heterocycles. The third-order valence-corrected chi connectivity index (χ3v) is 6.35. The molecule has 0 radical (unpaired) electrons. The molecule has 5 nitrogen and oxygen atoms in total. The molecule has 0 N–H and O–H groups in total. The molecule has 174 valence electrons. The predicted molar refractivity (Wildman–Crippen MR) is 121 cm³/mol. The summed E-state index contributed by atoms with van der Waals surface area (Å²) in [5.41, 5.74) is 0. The minimum absolute atomic E-state index is 0. The van der Waals surface area contributed by atoms with Crippen molar-refractivity contribution >= 4 is 16.0 Å². The van der Waals surface area contributed by atoms with Crippen molar-refractivity contribution in [1.29, 1.82) is 0 Å².